The minimum absolute atomic E-state index is 0.309. The first kappa shape index (κ1) is 24.5. The van der Waals surface area contributed by atoms with Crippen molar-refractivity contribution in [1.29, 1.82) is 0 Å². The van der Waals surface area contributed by atoms with Crippen LogP contribution >= 0.6 is 0 Å². The summed E-state index contributed by atoms with van der Waals surface area (Å²) in [7, 11) is -2.03. The number of ether oxygens (including phenoxy) is 2. The van der Waals surface area contributed by atoms with Crippen LogP contribution in [0.1, 0.15) is 32.3 Å². The predicted molar refractivity (Wildman–Crippen MR) is 123 cm³/mol. The van der Waals surface area contributed by atoms with Gasteiger partial charge in [0.05, 0.1) is 25.7 Å². The lowest BCUT2D eigenvalue weighted by Gasteiger charge is -2.30. The fourth-order valence-electron chi connectivity index (χ4n) is 3.33. The molecule has 0 aliphatic heterocycles. The van der Waals surface area contributed by atoms with E-state index in [-0.39, 0.29) is 5.91 Å². The summed E-state index contributed by atoms with van der Waals surface area (Å²) in [6.45, 7) is 4.66. The van der Waals surface area contributed by atoms with Crippen LogP contribution in [0.4, 0.5) is 5.69 Å². The van der Waals surface area contributed by atoms with Crippen molar-refractivity contribution >= 4 is 21.6 Å². The lowest BCUT2D eigenvalue weighted by molar-refractivity contribution is -0.122. The number of benzene rings is 2. The van der Waals surface area contributed by atoms with E-state index in [1.54, 1.807) is 38.3 Å². The number of hydrogen-bond acceptors (Lipinski definition) is 5. The van der Waals surface area contributed by atoms with Crippen molar-refractivity contribution < 1.29 is 22.7 Å². The summed E-state index contributed by atoms with van der Waals surface area (Å²) in [5, 5.41) is 2.89. The largest absolute Gasteiger partial charge is 0.497 e. The summed E-state index contributed by atoms with van der Waals surface area (Å²) in [5.41, 5.74) is 1.58. The van der Waals surface area contributed by atoms with E-state index in [9.17, 15) is 13.2 Å². The SMILES string of the molecule is CCOc1ccc(N(C(CC)C(=O)NCCCc2ccc(OC)cc2)S(C)(=O)=O)cc1. The van der Waals surface area contributed by atoms with Crippen LogP contribution in [0.25, 0.3) is 0 Å². The molecule has 0 aliphatic carbocycles. The second-order valence-electron chi connectivity index (χ2n) is 7.15. The van der Waals surface area contributed by atoms with Crippen molar-refractivity contribution in [3.63, 3.8) is 0 Å². The number of sulfonamides is 1. The second-order valence-corrected chi connectivity index (χ2v) is 9.01. The van der Waals surface area contributed by atoms with E-state index in [0.717, 1.165) is 30.4 Å². The number of anilines is 1. The average Bonchev–Trinajstić information content (AvgIpc) is 2.75. The third-order valence-electron chi connectivity index (χ3n) is 4.83. The second kappa shape index (κ2) is 11.6. The van der Waals surface area contributed by atoms with Gasteiger partial charge in [0, 0.05) is 6.54 Å². The minimum Gasteiger partial charge on any atom is -0.497 e. The van der Waals surface area contributed by atoms with Gasteiger partial charge in [0.1, 0.15) is 17.5 Å². The van der Waals surface area contributed by atoms with Gasteiger partial charge in [-0.15, -0.1) is 0 Å². The van der Waals surface area contributed by atoms with Gasteiger partial charge in [-0.05, 0) is 68.1 Å². The highest BCUT2D eigenvalue weighted by Crippen LogP contribution is 2.25. The first-order valence-electron chi connectivity index (χ1n) is 10.4. The van der Waals surface area contributed by atoms with Gasteiger partial charge in [0.15, 0.2) is 0 Å². The number of aryl methyl sites for hydroxylation is 1. The molecule has 1 amide bonds. The molecule has 2 aromatic rings. The highest BCUT2D eigenvalue weighted by molar-refractivity contribution is 7.92. The summed E-state index contributed by atoms with van der Waals surface area (Å²) in [4.78, 5) is 12.8. The number of amides is 1. The van der Waals surface area contributed by atoms with Gasteiger partial charge in [-0.2, -0.15) is 0 Å². The number of methoxy groups -OCH3 is 1. The molecule has 1 N–H and O–H groups in total. The van der Waals surface area contributed by atoms with E-state index < -0.39 is 16.1 Å². The maximum Gasteiger partial charge on any atom is 0.243 e. The third kappa shape index (κ3) is 7.17. The van der Waals surface area contributed by atoms with Gasteiger partial charge >= 0.3 is 0 Å². The maximum absolute atomic E-state index is 12.8. The lowest BCUT2D eigenvalue weighted by atomic mass is 10.1. The smallest absolute Gasteiger partial charge is 0.243 e. The van der Waals surface area contributed by atoms with Crippen molar-refractivity contribution in [2.45, 2.75) is 39.2 Å². The zero-order valence-electron chi connectivity index (χ0n) is 18.6. The Morgan fingerprint density at radius 2 is 1.65 bits per heavy atom. The Morgan fingerprint density at radius 1 is 1.03 bits per heavy atom. The van der Waals surface area contributed by atoms with E-state index in [0.29, 0.717) is 31.0 Å². The van der Waals surface area contributed by atoms with Crippen molar-refractivity contribution in [3.8, 4) is 11.5 Å². The molecule has 1 atom stereocenters. The van der Waals surface area contributed by atoms with Crippen LogP contribution in [0.5, 0.6) is 11.5 Å². The Morgan fingerprint density at radius 3 is 2.16 bits per heavy atom. The molecule has 0 fully saturated rings. The topological polar surface area (TPSA) is 84.9 Å². The zero-order chi connectivity index (χ0) is 22.9. The van der Waals surface area contributed by atoms with E-state index >= 15 is 0 Å². The number of hydrogen-bond donors (Lipinski definition) is 1. The summed E-state index contributed by atoms with van der Waals surface area (Å²) in [6.07, 6.45) is 3.01. The van der Waals surface area contributed by atoms with E-state index in [1.807, 2.05) is 31.2 Å². The van der Waals surface area contributed by atoms with Gasteiger partial charge in [0.2, 0.25) is 15.9 Å². The van der Waals surface area contributed by atoms with Crippen molar-refractivity contribution in [3.05, 3.63) is 54.1 Å². The standard InChI is InChI=1S/C23H32N2O5S/c1-5-22(23(26)24-17-7-8-18-9-13-20(29-3)14-10-18)25(31(4,27)28)19-11-15-21(16-12-19)30-6-2/h9-16,22H,5-8,17H2,1-4H3,(H,24,26). The molecular weight excluding hydrogens is 416 g/mol. The summed E-state index contributed by atoms with van der Waals surface area (Å²) < 4.78 is 36.8. The predicted octanol–water partition coefficient (Wildman–Crippen LogP) is 3.39. The Bertz CT molecular complexity index is 927. The van der Waals surface area contributed by atoms with Crippen molar-refractivity contribution in [2.75, 3.05) is 30.8 Å². The monoisotopic (exact) mass is 448 g/mol. The van der Waals surface area contributed by atoms with E-state index in [1.165, 1.54) is 4.31 Å². The van der Waals surface area contributed by atoms with Crippen LogP contribution in [-0.2, 0) is 21.2 Å². The normalized spacial score (nSPS) is 12.1. The molecule has 0 bridgehead atoms. The lowest BCUT2D eigenvalue weighted by Crippen LogP contribution is -2.49. The zero-order valence-corrected chi connectivity index (χ0v) is 19.4. The van der Waals surface area contributed by atoms with Crippen LogP contribution in [0.15, 0.2) is 48.5 Å². The van der Waals surface area contributed by atoms with Crippen LogP contribution in [-0.4, -0.2) is 46.9 Å². The molecule has 2 rings (SSSR count). The molecule has 1 unspecified atom stereocenters. The Kier molecular flexibility index (Phi) is 9.18. The van der Waals surface area contributed by atoms with Crippen LogP contribution in [0.3, 0.4) is 0 Å². The molecule has 170 valence electrons. The number of carbonyl (C=O) groups is 1. The highest BCUT2D eigenvalue weighted by atomic mass is 32.2. The van der Waals surface area contributed by atoms with Gasteiger partial charge in [-0.25, -0.2) is 8.42 Å². The molecule has 0 radical (unpaired) electrons. The van der Waals surface area contributed by atoms with E-state index in [2.05, 4.69) is 5.32 Å². The van der Waals surface area contributed by atoms with Crippen LogP contribution in [0, 0.1) is 0 Å². The Hall–Kier alpha value is -2.74. The molecule has 7 nitrogen and oxygen atoms in total. The van der Waals surface area contributed by atoms with Crippen LogP contribution in [0.2, 0.25) is 0 Å². The van der Waals surface area contributed by atoms with Gasteiger partial charge in [0.25, 0.3) is 0 Å². The minimum atomic E-state index is -3.66. The van der Waals surface area contributed by atoms with Gasteiger partial charge in [-0.1, -0.05) is 19.1 Å². The maximum atomic E-state index is 12.8. The Labute approximate surface area is 185 Å². The molecule has 2 aromatic carbocycles. The number of nitrogens with zero attached hydrogens (tertiary/aromatic N) is 1. The number of rotatable bonds is 12. The Balaban J connectivity index is 2.02. The molecule has 0 heterocycles. The fourth-order valence-corrected chi connectivity index (χ4v) is 4.54. The average molecular weight is 449 g/mol. The molecular formula is C23H32N2O5S. The molecule has 31 heavy (non-hydrogen) atoms. The molecule has 0 aliphatic rings. The number of nitrogens with one attached hydrogen (secondary N) is 1. The first-order valence-corrected chi connectivity index (χ1v) is 12.3. The first-order chi connectivity index (χ1) is 14.8. The summed E-state index contributed by atoms with van der Waals surface area (Å²) >= 11 is 0. The molecule has 0 saturated heterocycles. The highest BCUT2D eigenvalue weighted by Gasteiger charge is 2.31. The summed E-state index contributed by atoms with van der Waals surface area (Å²) in [5.74, 6) is 1.14. The quantitative estimate of drug-likeness (QED) is 0.503. The molecule has 0 aromatic heterocycles. The van der Waals surface area contributed by atoms with E-state index in [4.69, 9.17) is 9.47 Å². The van der Waals surface area contributed by atoms with Crippen molar-refractivity contribution in [2.24, 2.45) is 0 Å². The fraction of sp³-hybridized carbons (Fsp3) is 0.435. The van der Waals surface area contributed by atoms with Gasteiger partial charge in [-0.3, -0.25) is 9.10 Å². The molecule has 0 spiro atoms. The van der Waals surface area contributed by atoms with Crippen molar-refractivity contribution in [1.82, 2.24) is 5.32 Å². The molecule has 8 heteroatoms. The number of carbonyl (C=O) groups excluding carboxylic acids is 1. The third-order valence-corrected chi connectivity index (χ3v) is 6.01. The van der Waals surface area contributed by atoms with Gasteiger partial charge < -0.3 is 14.8 Å². The molecule has 0 saturated carbocycles. The van der Waals surface area contributed by atoms with Crippen LogP contribution < -0.4 is 19.1 Å². The summed E-state index contributed by atoms with van der Waals surface area (Å²) in [6, 6.07) is 13.7.